The maximum absolute atomic E-state index is 13.8. The second-order valence-corrected chi connectivity index (χ2v) is 13.8. The third-order valence-electron chi connectivity index (χ3n) is 10.1. The largest absolute Gasteiger partial charge is 0.493 e. The van der Waals surface area contributed by atoms with Crippen LogP contribution >= 0.6 is 0 Å². The van der Waals surface area contributed by atoms with Gasteiger partial charge in [0, 0.05) is 38.5 Å². The summed E-state index contributed by atoms with van der Waals surface area (Å²) >= 11 is 0. The molecule has 3 amide bonds. The van der Waals surface area contributed by atoms with Crippen LogP contribution < -0.4 is 23.8 Å². The molecule has 5 heterocycles. The number of aliphatic hydroxyl groups is 1. The number of fused-ring (bicyclic) bond motifs is 4. The number of aliphatic imine (C=N–C) groups is 1. The third-order valence-corrected chi connectivity index (χ3v) is 10.1. The van der Waals surface area contributed by atoms with Crippen molar-refractivity contribution in [2.24, 2.45) is 12.0 Å². The van der Waals surface area contributed by atoms with E-state index in [9.17, 15) is 19.5 Å². The number of methoxy groups -OCH3 is 2. The van der Waals surface area contributed by atoms with E-state index in [-0.39, 0.29) is 42.3 Å². The van der Waals surface area contributed by atoms with Crippen molar-refractivity contribution in [3.8, 4) is 23.0 Å². The van der Waals surface area contributed by atoms with Crippen LogP contribution in [0.4, 0.5) is 16.2 Å². The summed E-state index contributed by atoms with van der Waals surface area (Å²) in [5.41, 5.74) is 3.75. The molecule has 1 N–H and O–H groups in total. The van der Waals surface area contributed by atoms with E-state index in [0.29, 0.717) is 85.4 Å². The number of hydrogen-bond donors (Lipinski definition) is 1. The number of nitrogens with zero attached hydrogens (tertiary/aromatic N) is 6. The Morgan fingerprint density at radius 3 is 2.20 bits per heavy atom. The number of hydrogen-bond acceptors (Lipinski definition) is 11. The first kappa shape index (κ1) is 36.5. The number of amides is 3. The second-order valence-electron chi connectivity index (χ2n) is 13.8. The molecule has 7 rings (SSSR count). The van der Waals surface area contributed by atoms with Crippen LogP contribution in [0.1, 0.15) is 58.5 Å². The molecular weight excluding hydrogens is 696 g/mol. The van der Waals surface area contributed by atoms with Gasteiger partial charge < -0.3 is 43.2 Å². The number of imidazole rings is 1. The number of aryl methyl sites for hydroxylation is 1. The van der Waals surface area contributed by atoms with Crippen LogP contribution in [-0.2, 0) is 18.4 Å². The predicted octanol–water partition coefficient (Wildman–Crippen LogP) is 4.80. The zero-order valence-electron chi connectivity index (χ0n) is 30.7. The zero-order chi connectivity index (χ0) is 38.1. The average Bonchev–Trinajstić information content (AvgIpc) is 3.85. The molecule has 0 radical (unpaired) electrons. The van der Waals surface area contributed by atoms with E-state index in [4.69, 9.17) is 23.7 Å². The SMILES string of the molecule is C=C1C[C@H]2C=Nc3cc(OCCCCCOc4cc5c(cc4OC)C(=O)N4CC(=C)C[C@H]4C(O)N5C(=O)OCc4cncn4C)c(OC)cc3C(=O)N2C1. The van der Waals surface area contributed by atoms with Crippen molar-refractivity contribution in [1.82, 2.24) is 19.4 Å². The predicted molar refractivity (Wildman–Crippen MR) is 198 cm³/mol. The molecule has 54 heavy (non-hydrogen) atoms. The van der Waals surface area contributed by atoms with Crippen LogP contribution in [0.15, 0.2) is 66.1 Å². The van der Waals surface area contributed by atoms with E-state index in [1.165, 1.54) is 25.2 Å². The summed E-state index contributed by atoms with van der Waals surface area (Å²) in [6.45, 7) is 9.42. The minimum Gasteiger partial charge on any atom is -0.493 e. The highest BCUT2D eigenvalue weighted by Crippen LogP contribution is 2.42. The number of unbranched alkanes of at least 4 members (excludes halogenated alkanes) is 2. The van der Waals surface area contributed by atoms with Gasteiger partial charge in [-0.25, -0.2) is 14.7 Å². The molecule has 15 heteroatoms. The molecule has 1 unspecified atom stereocenters. The number of carbonyl (C=O) groups excluding carboxylic acids is 3. The second kappa shape index (κ2) is 15.3. The number of anilines is 1. The van der Waals surface area contributed by atoms with E-state index in [1.807, 2.05) is 0 Å². The Labute approximate surface area is 313 Å². The van der Waals surface area contributed by atoms with Crippen LogP contribution in [0, 0.1) is 0 Å². The van der Waals surface area contributed by atoms with E-state index in [0.717, 1.165) is 22.5 Å². The molecule has 2 saturated heterocycles. The molecule has 284 valence electrons. The quantitative estimate of drug-likeness (QED) is 0.202. The van der Waals surface area contributed by atoms with E-state index < -0.39 is 18.4 Å². The molecule has 2 fully saturated rings. The molecule has 15 nitrogen and oxygen atoms in total. The van der Waals surface area contributed by atoms with Crippen LogP contribution in [0.25, 0.3) is 0 Å². The molecule has 0 aliphatic carbocycles. The van der Waals surface area contributed by atoms with Crippen molar-refractivity contribution in [2.45, 2.75) is 57.0 Å². The number of ether oxygens (including phenoxy) is 5. The highest BCUT2D eigenvalue weighted by atomic mass is 16.6. The van der Waals surface area contributed by atoms with Gasteiger partial charge in [-0.05, 0) is 44.2 Å². The van der Waals surface area contributed by atoms with Crippen molar-refractivity contribution >= 4 is 35.5 Å². The van der Waals surface area contributed by atoms with E-state index in [2.05, 4.69) is 23.1 Å². The Bertz CT molecular complexity index is 2020. The zero-order valence-corrected chi connectivity index (χ0v) is 30.7. The molecular formula is C39H44N6O9. The topological polar surface area (TPSA) is 157 Å². The number of carbonyl (C=O) groups is 3. The van der Waals surface area contributed by atoms with Crippen molar-refractivity contribution in [3.05, 3.63) is 77.9 Å². The van der Waals surface area contributed by atoms with Gasteiger partial charge in [0.2, 0.25) is 0 Å². The Balaban J connectivity index is 1.00. The number of benzene rings is 2. The lowest BCUT2D eigenvalue weighted by molar-refractivity contribution is 0.0484. The van der Waals surface area contributed by atoms with E-state index >= 15 is 0 Å². The van der Waals surface area contributed by atoms with Crippen molar-refractivity contribution in [3.63, 3.8) is 0 Å². The lowest BCUT2D eigenvalue weighted by atomic mass is 10.1. The molecule has 4 aliphatic heterocycles. The lowest BCUT2D eigenvalue weighted by Gasteiger charge is -2.31. The fourth-order valence-electron chi connectivity index (χ4n) is 7.26. The summed E-state index contributed by atoms with van der Waals surface area (Å²) in [4.78, 5) is 53.8. The maximum atomic E-state index is 13.8. The number of aliphatic hydroxyl groups excluding tert-OH is 1. The minimum atomic E-state index is -1.40. The van der Waals surface area contributed by atoms with Gasteiger partial charge in [0.25, 0.3) is 11.8 Å². The van der Waals surface area contributed by atoms with Crippen LogP contribution in [0.3, 0.4) is 0 Å². The van der Waals surface area contributed by atoms with Gasteiger partial charge in [0.1, 0.15) is 6.61 Å². The minimum absolute atomic E-state index is 0.0883. The Morgan fingerprint density at radius 1 is 0.870 bits per heavy atom. The highest BCUT2D eigenvalue weighted by molar-refractivity contribution is 6.06. The van der Waals surface area contributed by atoms with Gasteiger partial charge in [-0.1, -0.05) is 24.3 Å². The van der Waals surface area contributed by atoms with Crippen molar-refractivity contribution in [1.29, 1.82) is 0 Å². The van der Waals surface area contributed by atoms with Gasteiger partial charge in [-0.15, -0.1) is 0 Å². The Hall–Kier alpha value is -5.83. The van der Waals surface area contributed by atoms with Gasteiger partial charge in [0.05, 0.1) is 80.2 Å². The normalized spacial score (nSPS) is 20.2. The fraction of sp³-hybridized carbons (Fsp3) is 0.410. The number of aromatic nitrogens is 2. The van der Waals surface area contributed by atoms with Gasteiger partial charge in [-0.3, -0.25) is 14.6 Å². The average molecular weight is 741 g/mol. The highest BCUT2D eigenvalue weighted by Gasteiger charge is 2.46. The van der Waals surface area contributed by atoms with E-state index in [1.54, 1.807) is 53.5 Å². The standard InChI is InChI=1S/C39H44N6O9/c1-23-11-25-18-41-29-15-34(32(50-4)13-27(29)36(46)43(25)19-23)52-9-7-6-8-10-53-35-16-30-28(14-33(35)51-5)37(47)44-20-24(2)12-31(44)38(48)45(30)39(49)54-21-26-17-40-22-42(26)3/h13-18,22,25,31,38,48H,1-2,6-12,19-21H2,3-5H3/t25-,31-,38?/m0/s1. The number of rotatable bonds is 12. The van der Waals surface area contributed by atoms with Gasteiger partial charge >= 0.3 is 6.09 Å². The molecule has 4 aliphatic rings. The van der Waals surface area contributed by atoms with Crippen molar-refractivity contribution in [2.75, 3.05) is 45.4 Å². The van der Waals surface area contributed by atoms with Crippen LogP contribution in [-0.4, -0.2) is 107 Å². The van der Waals surface area contributed by atoms with Gasteiger partial charge in [0.15, 0.2) is 29.2 Å². The molecule has 0 bridgehead atoms. The third kappa shape index (κ3) is 6.98. The first-order valence-electron chi connectivity index (χ1n) is 17.9. The summed E-state index contributed by atoms with van der Waals surface area (Å²) in [5.74, 6) is 1.10. The summed E-state index contributed by atoms with van der Waals surface area (Å²) < 4.78 is 30.8. The van der Waals surface area contributed by atoms with Gasteiger partial charge in [-0.2, -0.15) is 0 Å². The Morgan fingerprint density at radius 2 is 1.52 bits per heavy atom. The Kier molecular flexibility index (Phi) is 10.3. The summed E-state index contributed by atoms with van der Waals surface area (Å²) in [6, 6.07) is 5.69. The first-order chi connectivity index (χ1) is 26.1. The molecule has 3 aromatic rings. The first-order valence-corrected chi connectivity index (χ1v) is 17.9. The summed E-state index contributed by atoms with van der Waals surface area (Å²) in [7, 11) is 4.79. The van der Waals surface area contributed by atoms with Crippen LogP contribution in [0.2, 0.25) is 0 Å². The summed E-state index contributed by atoms with van der Waals surface area (Å²) in [6.07, 6.45) is 5.88. The van der Waals surface area contributed by atoms with Crippen molar-refractivity contribution < 1.29 is 43.2 Å². The van der Waals surface area contributed by atoms with Crippen LogP contribution in [0.5, 0.6) is 23.0 Å². The maximum Gasteiger partial charge on any atom is 0.416 e. The monoisotopic (exact) mass is 740 g/mol. The molecule has 3 atom stereocenters. The molecule has 0 spiro atoms. The lowest BCUT2D eigenvalue weighted by Crippen LogP contribution is -2.50. The fourth-order valence-corrected chi connectivity index (χ4v) is 7.26. The molecule has 1 aromatic heterocycles. The summed E-state index contributed by atoms with van der Waals surface area (Å²) in [5, 5.41) is 11.6. The smallest absolute Gasteiger partial charge is 0.416 e. The molecule has 2 aromatic carbocycles. The molecule has 0 saturated carbocycles.